The molecule has 1 saturated heterocycles. The van der Waals surface area contributed by atoms with Crippen LogP contribution in [0.3, 0.4) is 0 Å². The van der Waals surface area contributed by atoms with Gasteiger partial charge in [0.1, 0.15) is 11.5 Å². The fraction of sp³-hybridized carbons (Fsp3) is 0.600. The highest BCUT2D eigenvalue weighted by atomic mass is 16.5. The van der Waals surface area contributed by atoms with Crippen molar-refractivity contribution in [3.8, 4) is 11.5 Å². The molecule has 2 rings (SSSR count). The van der Waals surface area contributed by atoms with Gasteiger partial charge in [-0.2, -0.15) is 0 Å². The third-order valence-electron chi connectivity index (χ3n) is 3.90. The number of methoxy groups -OCH3 is 1. The van der Waals surface area contributed by atoms with Gasteiger partial charge in [0.05, 0.1) is 7.11 Å². The van der Waals surface area contributed by atoms with E-state index < -0.39 is 0 Å². The van der Waals surface area contributed by atoms with Gasteiger partial charge in [-0.25, -0.2) is 0 Å². The molecule has 0 aliphatic carbocycles. The first-order valence-electron chi connectivity index (χ1n) is 6.89. The normalized spacial score (nSPS) is 21.5. The van der Waals surface area contributed by atoms with Crippen LogP contribution >= 0.6 is 0 Å². The number of phenolic OH excluding ortho intramolecular Hbond substituents is 1. The molecule has 1 aliphatic rings. The van der Waals surface area contributed by atoms with Gasteiger partial charge in [-0.15, -0.1) is 0 Å². The maximum atomic E-state index is 9.93. The molecule has 4 heteroatoms. The third kappa shape index (κ3) is 3.61. The SMILES string of the molecule is COc1ccc(O)c(C(C)NCC2CCN(C)C2)c1. The lowest BCUT2D eigenvalue weighted by atomic mass is 10.0. The van der Waals surface area contributed by atoms with Crippen LogP contribution in [-0.4, -0.2) is 43.8 Å². The Morgan fingerprint density at radius 2 is 2.32 bits per heavy atom. The summed E-state index contributed by atoms with van der Waals surface area (Å²) in [6, 6.07) is 5.49. The van der Waals surface area contributed by atoms with Gasteiger partial charge in [0, 0.05) is 18.2 Å². The Kier molecular flexibility index (Phi) is 4.66. The van der Waals surface area contributed by atoms with Gasteiger partial charge >= 0.3 is 0 Å². The largest absolute Gasteiger partial charge is 0.508 e. The summed E-state index contributed by atoms with van der Waals surface area (Å²) in [5, 5.41) is 13.4. The second kappa shape index (κ2) is 6.26. The van der Waals surface area contributed by atoms with Gasteiger partial charge in [-0.05, 0) is 57.6 Å². The Morgan fingerprint density at radius 1 is 1.53 bits per heavy atom. The number of rotatable bonds is 5. The number of hydrogen-bond acceptors (Lipinski definition) is 4. The Balaban J connectivity index is 1.93. The minimum absolute atomic E-state index is 0.126. The van der Waals surface area contributed by atoms with Gasteiger partial charge in [-0.1, -0.05) is 0 Å². The molecule has 2 atom stereocenters. The lowest BCUT2D eigenvalue weighted by molar-refractivity contribution is 0.378. The van der Waals surface area contributed by atoms with Crippen molar-refractivity contribution in [2.45, 2.75) is 19.4 Å². The molecule has 1 aromatic carbocycles. The van der Waals surface area contributed by atoms with E-state index in [2.05, 4.69) is 24.2 Å². The summed E-state index contributed by atoms with van der Waals surface area (Å²) in [6.45, 7) is 5.41. The molecule has 1 aliphatic heterocycles. The van der Waals surface area contributed by atoms with Gasteiger partial charge in [0.15, 0.2) is 0 Å². The highest BCUT2D eigenvalue weighted by Gasteiger charge is 2.20. The van der Waals surface area contributed by atoms with Crippen LogP contribution in [0.1, 0.15) is 24.9 Å². The molecule has 1 heterocycles. The summed E-state index contributed by atoms with van der Waals surface area (Å²) in [4.78, 5) is 2.36. The van der Waals surface area contributed by atoms with Crippen LogP contribution in [0, 0.1) is 5.92 Å². The van der Waals surface area contributed by atoms with Crippen molar-refractivity contribution in [3.63, 3.8) is 0 Å². The molecule has 19 heavy (non-hydrogen) atoms. The summed E-state index contributed by atoms with van der Waals surface area (Å²) >= 11 is 0. The summed E-state index contributed by atoms with van der Waals surface area (Å²) in [6.07, 6.45) is 1.25. The molecule has 0 spiro atoms. The summed E-state index contributed by atoms with van der Waals surface area (Å²) < 4.78 is 5.21. The topological polar surface area (TPSA) is 44.7 Å². The van der Waals surface area contributed by atoms with Crippen molar-refractivity contribution in [1.29, 1.82) is 0 Å². The van der Waals surface area contributed by atoms with E-state index >= 15 is 0 Å². The molecule has 0 saturated carbocycles. The number of likely N-dealkylation sites (tertiary alicyclic amines) is 1. The smallest absolute Gasteiger partial charge is 0.120 e. The Morgan fingerprint density at radius 3 is 2.95 bits per heavy atom. The molecule has 106 valence electrons. The first kappa shape index (κ1) is 14.2. The number of aromatic hydroxyl groups is 1. The zero-order valence-electron chi connectivity index (χ0n) is 12.0. The molecule has 2 unspecified atom stereocenters. The van der Waals surface area contributed by atoms with Gasteiger partial charge in [0.2, 0.25) is 0 Å². The number of benzene rings is 1. The molecule has 1 aromatic rings. The molecular weight excluding hydrogens is 240 g/mol. The highest BCUT2D eigenvalue weighted by molar-refractivity contribution is 5.41. The third-order valence-corrected chi connectivity index (χ3v) is 3.90. The standard InChI is InChI=1S/C15H24N2O2/c1-11(16-9-12-6-7-17(2)10-12)14-8-13(19-3)4-5-15(14)18/h4-5,8,11-12,16,18H,6-7,9-10H2,1-3H3. The van der Waals surface area contributed by atoms with Crippen molar-refractivity contribution in [2.75, 3.05) is 33.8 Å². The van der Waals surface area contributed by atoms with Crippen LogP contribution in [-0.2, 0) is 0 Å². The molecule has 1 fully saturated rings. The number of phenols is 1. The lowest BCUT2D eigenvalue weighted by Crippen LogP contribution is -2.27. The molecule has 4 nitrogen and oxygen atoms in total. The van der Waals surface area contributed by atoms with E-state index in [0.29, 0.717) is 11.7 Å². The number of nitrogens with one attached hydrogen (secondary N) is 1. The van der Waals surface area contributed by atoms with Crippen LogP contribution < -0.4 is 10.1 Å². The molecular formula is C15H24N2O2. The number of nitrogens with zero attached hydrogens (tertiary/aromatic N) is 1. The molecule has 2 N–H and O–H groups in total. The van der Waals surface area contributed by atoms with Crippen LogP contribution in [0.4, 0.5) is 0 Å². The van der Waals surface area contributed by atoms with Gasteiger partial charge in [-0.3, -0.25) is 0 Å². The maximum absolute atomic E-state index is 9.93. The predicted molar refractivity (Wildman–Crippen MR) is 76.7 cm³/mol. The van der Waals surface area contributed by atoms with Crippen molar-refractivity contribution in [2.24, 2.45) is 5.92 Å². The van der Waals surface area contributed by atoms with Crippen molar-refractivity contribution in [3.05, 3.63) is 23.8 Å². The van der Waals surface area contributed by atoms with Crippen LogP contribution in [0.15, 0.2) is 18.2 Å². The fourth-order valence-corrected chi connectivity index (χ4v) is 2.65. The minimum Gasteiger partial charge on any atom is -0.508 e. The van der Waals surface area contributed by atoms with Crippen molar-refractivity contribution < 1.29 is 9.84 Å². The maximum Gasteiger partial charge on any atom is 0.120 e. The highest BCUT2D eigenvalue weighted by Crippen LogP contribution is 2.28. The first-order chi connectivity index (χ1) is 9.10. The fourth-order valence-electron chi connectivity index (χ4n) is 2.65. The minimum atomic E-state index is 0.126. The zero-order valence-corrected chi connectivity index (χ0v) is 12.0. The van der Waals surface area contributed by atoms with Crippen molar-refractivity contribution >= 4 is 0 Å². The van der Waals surface area contributed by atoms with E-state index in [-0.39, 0.29) is 6.04 Å². The van der Waals surface area contributed by atoms with Crippen LogP contribution in [0.25, 0.3) is 0 Å². The summed E-state index contributed by atoms with van der Waals surface area (Å²) in [5.74, 6) is 1.81. The average molecular weight is 264 g/mol. The molecule has 0 bridgehead atoms. The summed E-state index contributed by atoms with van der Waals surface area (Å²) in [5.41, 5.74) is 0.894. The molecule has 0 amide bonds. The van der Waals surface area contributed by atoms with Crippen molar-refractivity contribution in [1.82, 2.24) is 10.2 Å². The second-order valence-corrected chi connectivity index (χ2v) is 5.47. The predicted octanol–water partition coefficient (Wildman–Crippen LogP) is 2.00. The Labute approximate surface area is 115 Å². The molecule has 0 radical (unpaired) electrons. The zero-order chi connectivity index (χ0) is 13.8. The van der Waals surface area contributed by atoms with Gasteiger partial charge in [0.25, 0.3) is 0 Å². The molecule has 0 aromatic heterocycles. The van der Waals surface area contributed by atoms with Gasteiger partial charge < -0.3 is 20.1 Å². The first-order valence-corrected chi connectivity index (χ1v) is 6.89. The lowest BCUT2D eigenvalue weighted by Gasteiger charge is -2.19. The number of hydrogen-bond donors (Lipinski definition) is 2. The van der Waals surface area contributed by atoms with Crippen LogP contribution in [0.2, 0.25) is 0 Å². The number of ether oxygens (including phenoxy) is 1. The van der Waals surface area contributed by atoms with E-state index in [1.54, 1.807) is 19.2 Å². The Bertz CT molecular complexity index is 423. The average Bonchev–Trinajstić information content (AvgIpc) is 2.82. The summed E-state index contributed by atoms with van der Waals surface area (Å²) in [7, 11) is 3.81. The van der Waals surface area contributed by atoms with E-state index in [4.69, 9.17) is 4.74 Å². The van der Waals surface area contributed by atoms with E-state index in [9.17, 15) is 5.11 Å². The van der Waals surface area contributed by atoms with E-state index in [0.717, 1.165) is 24.4 Å². The van der Waals surface area contributed by atoms with Crippen LogP contribution in [0.5, 0.6) is 11.5 Å². The Hall–Kier alpha value is -1.26. The van der Waals surface area contributed by atoms with E-state index in [1.165, 1.54) is 13.0 Å². The monoisotopic (exact) mass is 264 g/mol. The second-order valence-electron chi connectivity index (χ2n) is 5.47. The quantitative estimate of drug-likeness (QED) is 0.854. The van der Waals surface area contributed by atoms with E-state index in [1.807, 2.05) is 6.07 Å².